The number of amides is 1. The maximum absolute atomic E-state index is 13.0. The number of piperazine rings is 1. The highest BCUT2D eigenvalue weighted by Crippen LogP contribution is 2.35. The molecule has 2 aromatic heterocycles. The third-order valence-electron chi connectivity index (χ3n) is 4.97. The molecule has 6 nitrogen and oxygen atoms in total. The lowest BCUT2D eigenvalue weighted by atomic mass is 10.1. The summed E-state index contributed by atoms with van der Waals surface area (Å²) < 4.78 is 44.3. The second-order valence-corrected chi connectivity index (χ2v) is 8.52. The van der Waals surface area contributed by atoms with Gasteiger partial charge in [0, 0.05) is 32.3 Å². The summed E-state index contributed by atoms with van der Waals surface area (Å²) in [5.74, 6) is 0.812. The molecule has 0 aliphatic carbocycles. The molecule has 4 rings (SSSR count). The molecular formula is C21H18ClF3N4O2S. The molecule has 168 valence electrons. The average Bonchev–Trinajstić information content (AvgIpc) is 3.44. The van der Waals surface area contributed by atoms with Crippen LogP contribution in [0.25, 0.3) is 16.8 Å². The van der Waals surface area contributed by atoms with Crippen LogP contribution in [0.2, 0.25) is 5.02 Å². The van der Waals surface area contributed by atoms with Crippen LogP contribution in [0.15, 0.2) is 46.3 Å². The van der Waals surface area contributed by atoms with Gasteiger partial charge < -0.3 is 9.42 Å². The molecule has 1 saturated heterocycles. The quantitative estimate of drug-likeness (QED) is 0.487. The lowest BCUT2D eigenvalue weighted by Crippen LogP contribution is -2.47. The van der Waals surface area contributed by atoms with Gasteiger partial charge in [0.05, 0.1) is 22.0 Å². The van der Waals surface area contributed by atoms with Gasteiger partial charge in [-0.2, -0.15) is 18.2 Å². The van der Waals surface area contributed by atoms with Crippen molar-refractivity contribution < 1.29 is 22.5 Å². The summed E-state index contributed by atoms with van der Waals surface area (Å²) >= 11 is 7.16. The highest BCUT2D eigenvalue weighted by Gasteiger charge is 2.33. The van der Waals surface area contributed by atoms with E-state index < -0.39 is 11.7 Å². The Morgan fingerprint density at radius 2 is 2.00 bits per heavy atom. The van der Waals surface area contributed by atoms with Crippen molar-refractivity contribution in [2.45, 2.75) is 12.7 Å². The molecule has 1 amide bonds. The highest BCUT2D eigenvalue weighted by atomic mass is 35.5. The number of thiophene rings is 1. The van der Waals surface area contributed by atoms with Crippen LogP contribution >= 0.6 is 22.9 Å². The fourth-order valence-electron chi connectivity index (χ4n) is 3.28. The largest absolute Gasteiger partial charge is 0.417 e. The third-order valence-corrected chi connectivity index (χ3v) is 6.16. The highest BCUT2D eigenvalue weighted by molar-refractivity contribution is 7.13. The number of carbonyl (C=O) groups excluding carboxylic acids is 1. The summed E-state index contributed by atoms with van der Waals surface area (Å²) in [4.78, 5) is 21.5. The summed E-state index contributed by atoms with van der Waals surface area (Å²) in [5, 5.41) is 5.56. The van der Waals surface area contributed by atoms with E-state index in [0.717, 1.165) is 10.9 Å². The van der Waals surface area contributed by atoms with E-state index in [0.29, 0.717) is 44.4 Å². The smallest absolute Gasteiger partial charge is 0.338 e. The van der Waals surface area contributed by atoms with Gasteiger partial charge in [-0.15, -0.1) is 11.3 Å². The summed E-state index contributed by atoms with van der Waals surface area (Å²) in [7, 11) is 0. The van der Waals surface area contributed by atoms with E-state index in [1.807, 2.05) is 17.5 Å². The molecule has 3 heterocycles. The number of alkyl halides is 3. The predicted molar refractivity (Wildman–Crippen MR) is 115 cm³/mol. The Hall–Kier alpha value is -2.69. The number of benzene rings is 1. The number of aromatic nitrogens is 2. The fraction of sp³-hybridized carbons (Fsp3) is 0.286. The molecule has 1 aliphatic rings. The van der Waals surface area contributed by atoms with Crippen LogP contribution < -0.4 is 0 Å². The van der Waals surface area contributed by atoms with Gasteiger partial charge in [0.2, 0.25) is 17.6 Å². The molecule has 0 spiro atoms. The molecule has 1 aromatic carbocycles. The van der Waals surface area contributed by atoms with Crippen LogP contribution in [0.4, 0.5) is 13.2 Å². The minimum absolute atomic E-state index is 0.256. The fourth-order valence-corrected chi connectivity index (χ4v) is 4.15. The first-order chi connectivity index (χ1) is 15.3. The van der Waals surface area contributed by atoms with Gasteiger partial charge in [-0.3, -0.25) is 9.69 Å². The van der Waals surface area contributed by atoms with Crippen molar-refractivity contribution in [1.29, 1.82) is 0 Å². The van der Waals surface area contributed by atoms with Crippen LogP contribution in [0.3, 0.4) is 0 Å². The Kier molecular flexibility index (Phi) is 6.63. The molecule has 0 radical (unpaired) electrons. The van der Waals surface area contributed by atoms with Gasteiger partial charge in [-0.25, -0.2) is 0 Å². The van der Waals surface area contributed by atoms with Crippen molar-refractivity contribution in [2.24, 2.45) is 0 Å². The molecule has 0 N–H and O–H groups in total. The Labute approximate surface area is 190 Å². The van der Waals surface area contributed by atoms with Gasteiger partial charge in [0.25, 0.3) is 0 Å². The normalized spacial score (nSPS) is 15.6. The van der Waals surface area contributed by atoms with Gasteiger partial charge in [-0.05, 0) is 35.2 Å². The van der Waals surface area contributed by atoms with E-state index >= 15 is 0 Å². The molecule has 0 unspecified atom stereocenters. The SMILES string of the molecule is O=C(/C=C/c1ccc(Cl)c(C(F)(F)F)c1)N1CCN(Cc2nc(-c3cccs3)no2)CC1. The zero-order valence-electron chi connectivity index (χ0n) is 16.7. The Morgan fingerprint density at radius 1 is 1.22 bits per heavy atom. The van der Waals surface area contributed by atoms with Crippen LogP contribution in [-0.4, -0.2) is 52.0 Å². The molecule has 0 atom stereocenters. The lowest BCUT2D eigenvalue weighted by Gasteiger charge is -2.33. The average molecular weight is 483 g/mol. The second-order valence-electron chi connectivity index (χ2n) is 7.16. The van der Waals surface area contributed by atoms with E-state index in [1.54, 1.807) is 4.90 Å². The summed E-state index contributed by atoms with van der Waals surface area (Å²) in [5.41, 5.74) is -0.669. The van der Waals surface area contributed by atoms with Crippen molar-refractivity contribution in [3.05, 3.63) is 63.8 Å². The minimum Gasteiger partial charge on any atom is -0.338 e. The van der Waals surface area contributed by atoms with Crippen LogP contribution in [0.1, 0.15) is 17.0 Å². The van der Waals surface area contributed by atoms with Crippen LogP contribution in [0, 0.1) is 0 Å². The van der Waals surface area contributed by atoms with Gasteiger partial charge in [0.1, 0.15) is 0 Å². The monoisotopic (exact) mass is 482 g/mol. The first kappa shape index (κ1) is 22.5. The summed E-state index contributed by atoms with van der Waals surface area (Å²) in [6.45, 7) is 2.71. The lowest BCUT2D eigenvalue weighted by molar-refractivity contribution is -0.137. The molecule has 1 fully saturated rings. The maximum atomic E-state index is 13.0. The number of hydrogen-bond donors (Lipinski definition) is 0. The zero-order valence-corrected chi connectivity index (χ0v) is 18.3. The number of halogens is 4. The van der Waals surface area contributed by atoms with Crippen molar-refractivity contribution in [3.8, 4) is 10.7 Å². The minimum atomic E-state index is -4.55. The molecular weight excluding hydrogens is 465 g/mol. The van der Waals surface area contributed by atoms with Crippen molar-refractivity contribution in [2.75, 3.05) is 26.2 Å². The Morgan fingerprint density at radius 3 is 2.69 bits per heavy atom. The second kappa shape index (κ2) is 9.43. The molecule has 0 bridgehead atoms. The molecule has 0 saturated carbocycles. The van der Waals surface area contributed by atoms with Gasteiger partial charge in [0.15, 0.2) is 0 Å². The van der Waals surface area contributed by atoms with E-state index in [-0.39, 0.29) is 16.5 Å². The van der Waals surface area contributed by atoms with Crippen molar-refractivity contribution in [1.82, 2.24) is 19.9 Å². The standard InChI is InChI=1S/C21H18ClF3N4O2S/c22-16-5-3-14(12-15(16)21(23,24)25)4-6-19(30)29-9-7-28(8-10-29)13-18-26-20(27-31-18)17-2-1-11-32-17/h1-6,11-12H,7-10,13H2/b6-4+. The van der Waals surface area contributed by atoms with Gasteiger partial charge in [-0.1, -0.05) is 28.9 Å². The molecule has 3 aromatic rings. The zero-order chi connectivity index (χ0) is 22.7. The predicted octanol–water partition coefficient (Wildman–Crippen LogP) is 4.83. The van der Waals surface area contributed by atoms with E-state index in [1.165, 1.54) is 35.6 Å². The number of rotatable bonds is 5. The topological polar surface area (TPSA) is 62.5 Å². The molecule has 32 heavy (non-hydrogen) atoms. The Balaban J connectivity index is 1.30. The first-order valence-corrected chi connectivity index (χ1v) is 11.0. The number of hydrogen-bond acceptors (Lipinski definition) is 6. The maximum Gasteiger partial charge on any atom is 0.417 e. The summed E-state index contributed by atoms with van der Waals surface area (Å²) in [6.07, 6.45) is -1.90. The van der Waals surface area contributed by atoms with E-state index in [9.17, 15) is 18.0 Å². The molecule has 1 aliphatic heterocycles. The Bertz CT molecular complexity index is 1110. The van der Waals surface area contributed by atoms with Crippen LogP contribution in [-0.2, 0) is 17.5 Å². The van der Waals surface area contributed by atoms with Crippen LogP contribution in [0.5, 0.6) is 0 Å². The van der Waals surface area contributed by atoms with Crippen molar-refractivity contribution in [3.63, 3.8) is 0 Å². The molecule has 11 heteroatoms. The van der Waals surface area contributed by atoms with Gasteiger partial charge >= 0.3 is 6.18 Å². The van der Waals surface area contributed by atoms with Crippen molar-refractivity contribution >= 4 is 34.9 Å². The summed E-state index contributed by atoms with van der Waals surface area (Å²) in [6, 6.07) is 7.38. The van der Waals surface area contributed by atoms with E-state index in [4.69, 9.17) is 16.1 Å². The van der Waals surface area contributed by atoms with E-state index in [2.05, 4.69) is 15.0 Å². The number of carbonyl (C=O) groups is 1. The number of nitrogens with zero attached hydrogens (tertiary/aromatic N) is 4. The third kappa shape index (κ3) is 5.37. The first-order valence-electron chi connectivity index (χ1n) is 9.72.